The molecule has 0 atom stereocenters. The Labute approximate surface area is 87.2 Å². The number of hydrogen-bond acceptors (Lipinski definition) is 2. The van der Waals surface area contributed by atoms with Crippen LogP contribution >= 0.6 is 27.5 Å². The molecular weight excluding hydrogens is 257 g/mol. The molecule has 1 aliphatic rings. The van der Waals surface area contributed by atoms with Gasteiger partial charge in [0, 0.05) is 9.50 Å². The molecule has 0 radical (unpaired) electrons. The summed E-state index contributed by atoms with van der Waals surface area (Å²) in [5.74, 6) is -1.14. The Hall–Kier alpha value is -0.870. The number of anilines is 1. The van der Waals surface area contributed by atoms with Crippen LogP contribution in [-0.2, 0) is 4.79 Å². The summed E-state index contributed by atoms with van der Waals surface area (Å²) < 4.78 is 0.540. The van der Waals surface area contributed by atoms with E-state index in [-0.39, 0.29) is 0 Å². The second-order valence-electron chi connectivity index (χ2n) is 2.59. The fraction of sp³-hybridized carbons (Fsp3) is 0. The maximum absolute atomic E-state index is 11.2. The van der Waals surface area contributed by atoms with Gasteiger partial charge < -0.3 is 5.32 Å². The van der Waals surface area contributed by atoms with Crippen molar-refractivity contribution < 1.29 is 9.59 Å². The second kappa shape index (κ2) is 2.82. The molecule has 0 saturated carbocycles. The highest BCUT2D eigenvalue weighted by atomic mass is 79.9. The zero-order valence-corrected chi connectivity index (χ0v) is 8.57. The van der Waals surface area contributed by atoms with Crippen LogP contribution in [0.15, 0.2) is 16.6 Å². The van der Waals surface area contributed by atoms with Crippen LogP contribution in [0.5, 0.6) is 0 Å². The predicted octanol–water partition coefficient (Wildman–Crippen LogP) is 2.24. The Kier molecular flexibility index (Phi) is 1.89. The van der Waals surface area contributed by atoms with Gasteiger partial charge in [-0.1, -0.05) is 11.6 Å². The summed E-state index contributed by atoms with van der Waals surface area (Å²) >= 11 is 8.90. The first kappa shape index (κ1) is 8.72. The van der Waals surface area contributed by atoms with Gasteiger partial charge in [-0.15, -0.1) is 0 Å². The smallest absolute Gasteiger partial charge is 0.296 e. The number of nitrogens with one attached hydrogen (secondary N) is 1. The van der Waals surface area contributed by atoms with E-state index in [9.17, 15) is 9.59 Å². The number of carbonyl (C=O) groups excluding carboxylic acids is 2. The zero-order valence-electron chi connectivity index (χ0n) is 6.23. The molecule has 0 bridgehead atoms. The number of hydrogen-bond donors (Lipinski definition) is 1. The Morgan fingerprint density at radius 1 is 1.31 bits per heavy atom. The summed E-state index contributed by atoms with van der Waals surface area (Å²) in [6.07, 6.45) is 0. The Morgan fingerprint density at radius 2 is 2.00 bits per heavy atom. The molecule has 0 fully saturated rings. The average molecular weight is 260 g/mol. The molecule has 13 heavy (non-hydrogen) atoms. The monoisotopic (exact) mass is 259 g/mol. The number of amides is 1. The minimum atomic E-state index is -0.613. The van der Waals surface area contributed by atoms with Crippen molar-refractivity contribution in [1.82, 2.24) is 0 Å². The molecule has 1 heterocycles. The minimum Gasteiger partial charge on any atom is -0.318 e. The molecule has 66 valence electrons. The van der Waals surface area contributed by atoms with E-state index >= 15 is 0 Å². The van der Waals surface area contributed by atoms with Crippen molar-refractivity contribution >= 4 is 44.9 Å². The summed E-state index contributed by atoms with van der Waals surface area (Å²) in [6.45, 7) is 0. The van der Waals surface area contributed by atoms with Gasteiger partial charge in [0.2, 0.25) is 0 Å². The highest BCUT2D eigenvalue weighted by Crippen LogP contribution is 2.33. The molecule has 2 rings (SSSR count). The molecule has 0 unspecified atom stereocenters. The number of halogens is 2. The van der Waals surface area contributed by atoms with Gasteiger partial charge in [-0.25, -0.2) is 0 Å². The lowest BCUT2D eigenvalue weighted by atomic mass is 10.1. The van der Waals surface area contributed by atoms with Crippen LogP contribution in [0.3, 0.4) is 0 Å². The van der Waals surface area contributed by atoms with Gasteiger partial charge in [0.05, 0.1) is 11.3 Å². The van der Waals surface area contributed by atoms with Crippen molar-refractivity contribution in [2.24, 2.45) is 0 Å². The van der Waals surface area contributed by atoms with Crippen LogP contribution in [0.1, 0.15) is 10.4 Å². The van der Waals surface area contributed by atoms with E-state index in [4.69, 9.17) is 11.6 Å². The summed E-state index contributed by atoms with van der Waals surface area (Å²) in [5.41, 5.74) is 0.823. The molecule has 1 aromatic rings. The molecule has 1 amide bonds. The number of benzene rings is 1. The summed E-state index contributed by atoms with van der Waals surface area (Å²) in [4.78, 5) is 22.2. The normalized spacial score (nSPS) is 14.3. The molecule has 3 nitrogen and oxygen atoms in total. The Morgan fingerprint density at radius 3 is 2.69 bits per heavy atom. The van der Waals surface area contributed by atoms with Gasteiger partial charge in [0.15, 0.2) is 0 Å². The molecule has 0 spiro atoms. The summed E-state index contributed by atoms with van der Waals surface area (Å²) in [5, 5.41) is 2.90. The molecule has 0 aromatic heterocycles. The van der Waals surface area contributed by atoms with Gasteiger partial charge in [-0.05, 0) is 28.1 Å². The summed E-state index contributed by atoms with van der Waals surface area (Å²) in [7, 11) is 0. The first-order valence-electron chi connectivity index (χ1n) is 3.44. The number of carbonyl (C=O) groups is 2. The lowest BCUT2D eigenvalue weighted by Crippen LogP contribution is -2.12. The topological polar surface area (TPSA) is 46.2 Å². The van der Waals surface area contributed by atoms with Crippen LogP contribution in [0.4, 0.5) is 5.69 Å². The molecule has 1 aliphatic heterocycles. The van der Waals surface area contributed by atoms with E-state index in [0.717, 1.165) is 0 Å². The van der Waals surface area contributed by atoms with Crippen LogP contribution in [0, 0.1) is 0 Å². The van der Waals surface area contributed by atoms with E-state index in [1.807, 2.05) is 0 Å². The third-order valence-electron chi connectivity index (χ3n) is 1.74. The number of fused-ring (bicyclic) bond motifs is 1. The Bertz CT molecular complexity index is 430. The van der Waals surface area contributed by atoms with E-state index in [0.29, 0.717) is 20.7 Å². The molecule has 0 aliphatic carbocycles. The number of Topliss-reactive ketones (excluding diaryl/α,β-unsaturated/α-hetero) is 1. The Balaban J connectivity index is 2.71. The van der Waals surface area contributed by atoms with Crippen molar-refractivity contribution in [2.45, 2.75) is 0 Å². The maximum Gasteiger partial charge on any atom is 0.296 e. The summed E-state index contributed by atoms with van der Waals surface area (Å²) in [6, 6.07) is 3.13. The largest absolute Gasteiger partial charge is 0.318 e. The van der Waals surface area contributed by atoms with Crippen LogP contribution in [-0.4, -0.2) is 11.7 Å². The van der Waals surface area contributed by atoms with Crippen molar-refractivity contribution in [1.29, 1.82) is 0 Å². The lowest BCUT2D eigenvalue weighted by molar-refractivity contribution is -0.112. The van der Waals surface area contributed by atoms with E-state index in [1.54, 1.807) is 12.1 Å². The third-order valence-corrected chi connectivity index (χ3v) is 2.58. The fourth-order valence-corrected chi connectivity index (χ4v) is 2.19. The molecule has 0 saturated heterocycles. The highest BCUT2D eigenvalue weighted by Gasteiger charge is 2.30. The first-order chi connectivity index (χ1) is 6.09. The minimum absolute atomic E-state index is 0.356. The van der Waals surface area contributed by atoms with Crippen molar-refractivity contribution in [3.8, 4) is 0 Å². The SMILES string of the molecule is O=C1Nc2cc(Cl)cc(Br)c2C1=O. The molecule has 5 heteroatoms. The maximum atomic E-state index is 11.2. The van der Waals surface area contributed by atoms with E-state index in [1.165, 1.54) is 0 Å². The predicted molar refractivity (Wildman–Crippen MR) is 52.1 cm³/mol. The van der Waals surface area contributed by atoms with Gasteiger partial charge >= 0.3 is 0 Å². The van der Waals surface area contributed by atoms with Gasteiger partial charge in [-0.3, -0.25) is 9.59 Å². The van der Waals surface area contributed by atoms with Gasteiger partial charge in [0.25, 0.3) is 11.7 Å². The van der Waals surface area contributed by atoms with Crippen molar-refractivity contribution in [3.05, 3.63) is 27.2 Å². The van der Waals surface area contributed by atoms with Crippen LogP contribution in [0.2, 0.25) is 5.02 Å². The zero-order chi connectivity index (χ0) is 9.59. The molecule has 1 aromatic carbocycles. The van der Waals surface area contributed by atoms with Crippen LogP contribution < -0.4 is 5.32 Å². The molecule has 1 N–H and O–H groups in total. The lowest BCUT2D eigenvalue weighted by Gasteiger charge is -1.99. The van der Waals surface area contributed by atoms with Gasteiger partial charge in [-0.2, -0.15) is 0 Å². The molecular formula is C8H3BrClNO2. The van der Waals surface area contributed by atoms with Gasteiger partial charge in [0.1, 0.15) is 0 Å². The first-order valence-corrected chi connectivity index (χ1v) is 4.61. The average Bonchev–Trinajstić information content (AvgIpc) is 2.27. The van der Waals surface area contributed by atoms with Crippen molar-refractivity contribution in [3.63, 3.8) is 0 Å². The third kappa shape index (κ3) is 1.26. The fourth-order valence-electron chi connectivity index (χ4n) is 1.20. The standard InChI is InChI=1S/C8H3BrClNO2/c9-4-1-3(10)2-5-6(4)7(12)8(13)11-5/h1-2H,(H,11,12,13). The highest BCUT2D eigenvalue weighted by molar-refractivity contribution is 9.10. The quantitative estimate of drug-likeness (QED) is 0.727. The van der Waals surface area contributed by atoms with E-state index < -0.39 is 11.7 Å². The van der Waals surface area contributed by atoms with Crippen molar-refractivity contribution in [2.75, 3.05) is 5.32 Å². The van der Waals surface area contributed by atoms with Crippen LogP contribution in [0.25, 0.3) is 0 Å². The number of rotatable bonds is 0. The second-order valence-corrected chi connectivity index (χ2v) is 3.88. The van der Waals surface area contributed by atoms with E-state index in [2.05, 4.69) is 21.2 Å². The number of ketones is 1.